The summed E-state index contributed by atoms with van der Waals surface area (Å²) >= 11 is 7.31. The van der Waals surface area contributed by atoms with Crippen molar-refractivity contribution in [3.8, 4) is 0 Å². The van der Waals surface area contributed by atoms with E-state index in [0.717, 1.165) is 4.90 Å². The van der Waals surface area contributed by atoms with Gasteiger partial charge in [0, 0.05) is 21.3 Å². The van der Waals surface area contributed by atoms with Crippen molar-refractivity contribution in [2.45, 2.75) is 22.0 Å². The number of anilines is 2. The van der Waals surface area contributed by atoms with Crippen LogP contribution in [-0.4, -0.2) is 19.6 Å². The van der Waals surface area contributed by atoms with E-state index in [2.05, 4.69) is 10.0 Å². The predicted octanol–water partition coefficient (Wildman–Crippen LogP) is 5.26. The van der Waals surface area contributed by atoms with Crippen molar-refractivity contribution in [2.75, 3.05) is 10.0 Å². The summed E-state index contributed by atoms with van der Waals surface area (Å²) in [6.07, 6.45) is 0. The number of benzene rings is 3. The summed E-state index contributed by atoms with van der Waals surface area (Å²) in [7, 11) is -3.63. The molecule has 0 spiro atoms. The second-order valence-corrected chi connectivity index (χ2v) is 9.74. The van der Waals surface area contributed by atoms with E-state index in [1.807, 2.05) is 0 Å². The first kappa shape index (κ1) is 21.2. The van der Waals surface area contributed by atoms with E-state index < -0.39 is 10.0 Å². The number of halogens is 1. The minimum Gasteiger partial charge on any atom is -0.325 e. The molecule has 0 aromatic heterocycles. The van der Waals surface area contributed by atoms with Crippen molar-refractivity contribution < 1.29 is 13.2 Å². The fourth-order valence-electron chi connectivity index (χ4n) is 2.48. The van der Waals surface area contributed by atoms with Gasteiger partial charge in [-0.25, -0.2) is 8.42 Å². The van der Waals surface area contributed by atoms with Gasteiger partial charge in [0.2, 0.25) is 5.91 Å². The van der Waals surface area contributed by atoms with E-state index in [-0.39, 0.29) is 16.1 Å². The van der Waals surface area contributed by atoms with E-state index in [4.69, 9.17) is 11.6 Å². The highest BCUT2D eigenvalue weighted by atomic mass is 35.5. The zero-order chi connectivity index (χ0) is 20.9. The Morgan fingerprint density at radius 3 is 2.28 bits per heavy atom. The smallest absolute Gasteiger partial charge is 0.261 e. The first-order valence-electron chi connectivity index (χ1n) is 8.74. The Hall–Kier alpha value is -2.48. The maximum Gasteiger partial charge on any atom is 0.261 e. The normalized spacial score (nSPS) is 12.2. The van der Waals surface area contributed by atoms with Crippen LogP contribution in [-0.2, 0) is 14.8 Å². The Morgan fingerprint density at radius 1 is 0.931 bits per heavy atom. The van der Waals surface area contributed by atoms with Gasteiger partial charge in [0.15, 0.2) is 0 Å². The lowest BCUT2D eigenvalue weighted by Crippen LogP contribution is -2.22. The molecule has 3 aromatic rings. The molecule has 0 bridgehead atoms. The molecular formula is C21H19ClN2O3S2. The molecule has 5 nitrogen and oxygen atoms in total. The maximum atomic E-state index is 12.4. The van der Waals surface area contributed by atoms with Gasteiger partial charge in [-0.2, -0.15) is 0 Å². The molecule has 1 atom stereocenters. The Balaban J connectivity index is 1.60. The number of rotatable bonds is 7. The molecule has 0 saturated heterocycles. The molecule has 0 fully saturated rings. The van der Waals surface area contributed by atoms with Gasteiger partial charge < -0.3 is 5.32 Å². The van der Waals surface area contributed by atoms with Crippen LogP contribution in [0.15, 0.2) is 88.7 Å². The van der Waals surface area contributed by atoms with Crippen LogP contribution >= 0.6 is 23.4 Å². The number of hydrogen-bond donors (Lipinski definition) is 2. The van der Waals surface area contributed by atoms with Gasteiger partial charge in [0.25, 0.3) is 10.0 Å². The SMILES string of the molecule is CC(Sc1ccc(NS(=O)(=O)c2ccccc2)cc1)C(=O)Nc1cccc(Cl)c1. The summed E-state index contributed by atoms with van der Waals surface area (Å²) < 4.78 is 27.3. The summed E-state index contributed by atoms with van der Waals surface area (Å²) in [4.78, 5) is 13.4. The van der Waals surface area contributed by atoms with Crippen LogP contribution in [0, 0.1) is 0 Å². The maximum absolute atomic E-state index is 12.4. The van der Waals surface area contributed by atoms with Gasteiger partial charge in [-0.15, -0.1) is 11.8 Å². The summed E-state index contributed by atoms with van der Waals surface area (Å²) in [5.74, 6) is -0.147. The van der Waals surface area contributed by atoms with Crippen molar-refractivity contribution in [1.29, 1.82) is 0 Å². The summed E-state index contributed by atoms with van der Waals surface area (Å²) in [5.41, 5.74) is 1.09. The van der Waals surface area contributed by atoms with E-state index in [1.165, 1.54) is 23.9 Å². The number of hydrogen-bond acceptors (Lipinski definition) is 4. The van der Waals surface area contributed by atoms with E-state index >= 15 is 0 Å². The number of amides is 1. The molecular weight excluding hydrogens is 428 g/mol. The predicted molar refractivity (Wildman–Crippen MR) is 119 cm³/mol. The van der Waals surface area contributed by atoms with E-state index in [9.17, 15) is 13.2 Å². The molecule has 3 aromatic carbocycles. The molecule has 150 valence electrons. The molecule has 1 unspecified atom stereocenters. The zero-order valence-corrected chi connectivity index (χ0v) is 17.9. The fourth-order valence-corrected chi connectivity index (χ4v) is 4.62. The lowest BCUT2D eigenvalue weighted by atomic mass is 10.3. The Kier molecular flexibility index (Phi) is 6.84. The third kappa shape index (κ3) is 6.00. The van der Waals surface area contributed by atoms with Gasteiger partial charge in [-0.3, -0.25) is 9.52 Å². The van der Waals surface area contributed by atoms with Crippen LogP contribution in [0.3, 0.4) is 0 Å². The Labute approximate surface area is 179 Å². The van der Waals surface area contributed by atoms with Crippen LogP contribution in [0.2, 0.25) is 5.02 Å². The number of carbonyl (C=O) groups is 1. The van der Waals surface area contributed by atoms with E-state index in [0.29, 0.717) is 16.4 Å². The number of sulfonamides is 1. The highest BCUT2D eigenvalue weighted by molar-refractivity contribution is 8.00. The standard InChI is InChI=1S/C21H19ClN2O3S2/c1-15(21(25)23-18-7-5-6-16(22)14-18)28-19-12-10-17(11-13-19)24-29(26,27)20-8-3-2-4-9-20/h2-15,24H,1H3,(H,23,25). The third-order valence-corrected chi connectivity index (χ3v) is 6.68. The van der Waals surface area contributed by atoms with Crippen molar-refractivity contribution in [3.05, 3.63) is 83.9 Å². The second kappa shape index (κ2) is 9.35. The van der Waals surface area contributed by atoms with Crippen LogP contribution in [0.4, 0.5) is 11.4 Å². The first-order valence-corrected chi connectivity index (χ1v) is 11.5. The van der Waals surface area contributed by atoms with Crippen LogP contribution in [0.5, 0.6) is 0 Å². The average molecular weight is 447 g/mol. The van der Waals surface area contributed by atoms with Crippen LogP contribution < -0.4 is 10.0 Å². The highest BCUT2D eigenvalue weighted by Crippen LogP contribution is 2.27. The molecule has 0 aliphatic carbocycles. The molecule has 0 saturated carbocycles. The molecule has 2 N–H and O–H groups in total. The number of carbonyl (C=O) groups excluding carboxylic acids is 1. The largest absolute Gasteiger partial charge is 0.325 e. The van der Waals surface area contributed by atoms with Crippen molar-refractivity contribution >= 4 is 50.7 Å². The molecule has 1 amide bonds. The molecule has 0 heterocycles. The summed E-state index contributed by atoms with van der Waals surface area (Å²) in [6.45, 7) is 1.80. The quantitative estimate of drug-likeness (QED) is 0.485. The van der Waals surface area contributed by atoms with Gasteiger partial charge >= 0.3 is 0 Å². The van der Waals surface area contributed by atoms with Crippen molar-refractivity contribution in [2.24, 2.45) is 0 Å². The Bertz CT molecular complexity index is 1090. The molecule has 3 rings (SSSR count). The highest BCUT2D eigenvalue weighted by Gasteiger charge is 2.16. The topological polar surface area (TPSA) is 75.3 Å². The lowest BCUT2D eigenvalue weighted by Gasteiger charge is -2.13. The monoisotopic (exact) mass is 446 g/mol. The first-order chi connectivity index (χ1) is 13.8. The van der Waals surface area contributed by atoms with Gasteiger partial charge in [0.05, 0.1) is 10.1 Å². The average Bonchev–Trinajstić information content (AvgIpc) is 2.70. The second-order valence-electron chi connectivity index (χ2n) is 6.20. The summed E-state index contributed by atoms with van der Waals surface area (Å²) in [5, 5.41) is 3.03. The van der Waals surface area contributed by atoms with Crippen molar-refractivity contribution in [1.82, 2.24) is 0 Å². The van der Waals surface area contributed by atoms with Crippen LogP contribution in [0.25, 0.3) is 0 Å². The zero-order valence-electron chi connectivity index (χ0n) is 15.5. The number of nitrogens with one attached hydrogen (secondary N) is 2. The Morgan fingerprint density at radius 2 is 1.62 bits per heavy atom. The molecule has 29 heavy (non-hydrogen) atoms. The summed E-state index contributed by atoms with van der Waals surface area (Å²) in [6, 6.07) is 22.0. The van der Waals surface area contributed by atoms with Gasteiger partial charge in [0.1, 0.15) is 0 Å². The lowest BCUT2D eigenvalue weighted by molar-refractivity contribution is -0.115. The number of thioether (sulfide) groups is 1. The van der Waals surface area contributed by atoms with Gasteiger partial charge in [-0.05, 0) is 61.5 Å². The molecule has 0 radical (unpaired) electrons. The molecule has 8 heteroatoms. The molecule has 0 aliphatic rings. The van der Waals surface area contributed by atoms with Crippen LogP contribution in [0.1, 0.15) is 6.92 Å². The minimum atomic E-state index is -3.63. The van der Waals surface area contributed by atoms with Gasteiger partial charge in [-0.1, -0.05) is 35.9 Å². The fraction of sp³-hybridized carbons (Fsp3) is 0.0952. The molecule has 0 aliphatic heterocycles. The third-order valence-electron chi connectivity index (χ3n) is 3.93. The van der Waals surface area contributed by atoms with Crippen molar-refractivity contribution in [3.63, 3.8) is 0 Å². The van der Waals surface area contributed by atoms with E-state index in [1.54, 1.807) is 73.7 Å². The minimum absolute atomic E-state index is 0.147.